The van der Waals surface area contributed by atoms with Crippen LogP contribution in [0.1, 0.15) is 0 Å². The van der Waals surface area contributed by atoms with Crippen molar-refractivity contribution < 1.29 is 8.83 Å². The first-order valence-electron chi connectivity index (χ1n) is 14.2. The molecule has 2 nitrogen and oxygen atoms in total. The first-order chi connectivity index (χ1) is 20.3. The van der Waals surface area contributed by atoms with Crippen molar-refractivity contribution in [3.8, 4) is 22.3 Å². The molecule has 0 bridgehead atoms. The van der Waals surface area contributed by atoms with Gasteiger partial charge in [0, 0.05) is 32.7 Å². The van der Waals surface area contributed by atoms with Gasteiger partial charge >= 0.3 is 0 Å². The Labute approximate surface area is 234 Å². The van der Waals surface area contributed by atoms with Crippen LogP contribution in [0.25, 0.3) is 87.7 Å². The first kappa shape index (κ1) is 20.6. The molecule has 0 radical (unpaired) electrons. The van der Waals surface area contributed by atoms with Crippen LogP contribution in [0.2, 0.25) is 0 Å². The Bertz CT molecular complexity index is 2470. The molecule has 0 unspecified atom stereocenters. The van der Waals surface area contributed by atoms with Crippen LogP contribution in [0.3, 0.4) is 0 Å². The normalized spacial score (nSPS) is 13.3. The molecule has 0 atom stereocenters. The number of para-hydroxylation sites is 2. The number of benzene rings is 7. The lowest BCUT2D eigenvalue weighted by Crippen LogP contribution is -2.57. The number of furan rings is 2. The smallest absolute Gasteiger partial charge is 0.244 e. The Hall–Kier alpha value is -5.28. The van der Waals surface area contributed by atoms with Gasteiger partial charge in [-0.1, -0.05) is 107 Å². The Morgan fingerprint density at radius 2 is 0.902 bits per heavy atom. The van der Waals surface area contributed by atoms with E-state index in [1.165, 1.54) is 81.7 Å². The molecule has 0 fully saturated rings. The van der Waals surface area contributed by atoms with Gasteiger partial charge in [-0.15, -0.1) is 0 Å². The summed E-state index contributed by atoms with van der Waals surface area (Å²) >= 11 is 0. The summed E-state index contributed by atoms with van der Waals surface area (Å²) in [5.41, 5.74) is 13.1. The number of rotatable bonds is 0. The zero-order chi connectivity index (χ0) is 26.4. The minimum Gasteiger partial charge on any atom is -0.456 e. The van der Waals surface area contributed by atoms with Gasteiger partial charge in [0.1, 0.15) is 22.3 Å². The maximum atomic E-state index is 6.47. The summed E-state index contributed by atoms with van der Waals surface area (Å²) in [5, 5.41) is 9.92. The molecule has 0 aliphatic carbocycles. The van der Waals surface area contributed by atoms with Crippen molar-refractivity contribution in [2.75, 3.05) is 0 Å². The number of hydrogen-bond donors (Lipinski definition) is 0. The summed E-state index contributed by atoms with van der Waals surface area (Å²) < 4.78 is 12.9. The molecule has 0 amide bonds. The fourth-order valence-electron chi connectivity index (χ4n) is 8.19. The standard InChI is InChI=1S/C38H19BO2/c1-3-16-28-22(10-1)34-30(40-28)18-20-8-5-14-26-32(20)36(34)24-12-7-13-25-37-33-21(9-6-15-27(33)39(26)38(24)25)19-31-35(37)23-11-2-4-17-29(23)41-31/h1-19H. The van der Waals surface area contributed by atoms with E-state index in [1.54, 1.807) is 0 Å². The van der Waals surface area contributed by atoms with Crippen LogP contribution in [0.5, 0.6) is 0 Å². The Morgan fingerprint density at radius 1 is 0.415 bits per heavy atom. The maximum Gasteiger partial charge on any atom is 0.244 e. The van der Waals surface area contributed by atoms with Crippen LogP contribution >= 0.6 is 0 Å². The van der Waals surface area contributed by atoms with Gasteiger partial charge in [0.2, 0.25) is 6.71 Å². The van der Waals surface area contributed by atoms with E-state index in [-0.39, 0.29) is 6.71 Å². The number of hydrogen-bond acceptors (Lipinski definition) is 2. The summed E-state index contributed by atoms with van der Waals surface area (Å²) in [4.78, 5) is 0. The predicted molar refractivity (Wildman–Crippen MR) is 172 cm³/mol. The predicted octanol–water partition coefficient (Wildman–Crippen LogP) is 8.27. The third-order valence-corrected chi connectivity index (χ3v) is 9.63. The van der Waals surface area contributed by atoms with Gasteiger partial charge in [-0.2, -0.15) is 0 Å². The second kappa shape index (κ2) is 6.89. The van der Waals surface area contributed by atoms with Crippen LogP contribution < -0.4 is 16.4 Å². The van der Waals surface area contributed by atoms with Crippen molar-refractivity contribution in [1.29, 1.82) is 0 Å². The van der Waals surface area contributed by atoms with E-state index in [1.807, 2.05) is 0 Å². The SMILES string of the molecule is c1cc2c3c(c1)-c1c4c(cccc4cc4oc5ccccc5c14)B3c1cccc3cc4oc5ccccc5c4c-2c13. The lowest BCUT2D eigenvalue weighted by molar-refractivity contribution is 0.669. The summed E-state index contributed by atoms with van der Waals surface area (Å²) in [5.74, 6) is 0. The molecule has 41 heavy (non-hydrogen) atoms. The molecule has 11 rings (SSSR count). The molecule has 2 aromatic heterocycles. The van der Waals surface area contributed by atoms with Gasteiger partial charge in [-0.05, 0) is 56.9 Å². The van der Waals surface area contributed by atoms with Gasteiger partial charge in [0.15, 0.2) is 0 Å². The first-order valence-corrected chi connectivity index (χ1v) is 14.2. The molecule has 4 heterocycles. The minimum atomic E-state index is 0.153. The van der Waals surface area contributed by atoms with Crippen molar-refractivity contribution in [2.45, 2.75) is 0 Å². The third-order valence-electron chi connectivity index (χ3n) is 9.63. The summed E-state index contributed by atoms with van der Waals surface area (Å²) in [6, 6.07) is 41.9. The molecular formula is C38H19BO2. The van der Waals surface area contributed by atoms with Crippen LogP contribution in [0, 0.1) is 0 Å². The van der Waals surface area contributed by atoms with E-state index in [9.17, 15) is 0 Å². The zero-order valence-electron chi connectivity index (χ0n) is 21.9. The Kier molecular flexibility index (Phi) is 3.46. The molecule has 2 aliphatic heterocycles. The van der Waals surface area contributed by atoms with Crippen LogP contribution in [0.4, 0.5) is 0 Å². The highest BCUT2D eigenvalue weighted by molar-refractivity contribution is 7.01. The molecular weight excluding hydrogens is 499 g/mol. The van der Waals surface area contributed by atoms with Crippen molar-refractivity contribution in [3.63, 3.8) is 0 Å². The number of fused-ring (bicyclic) bond motifs is 12. The molecule has 0 spiro atoms. The van der Waals surface area contributed by atoms with E-state index >= 15 is 0 Å². The monoisotopic (exact) mass is 518 g/mol. The zero-order valence-corrected chi connectivity index (χ0v) is 21.9. The minimum absolute atomic E-state index is 0.153. The highest BCUT2D eigenvalue weighted by atomic mass is 16.3. The molecule has 0 N–H and O–H groups in total. The van der Waals surface area contributed by atoms with Crippen LogP contribution in [-0.2, 0) is 0 Å². The molecule has 9 aromatic rings. The molecule has 0 saturated heterocycles. The van der Waals surface area contributed by atoms with Gasteiger partial charge in [0.05, 0.1) is 0 Å². The Balaban J connectivity index is 1.42. The summed E-state index contributed by atoms with van der Waals surface area (Å²) in [6.07, 6.45) is 0. The van der Waals surface area contributed by atoms with Gasteiger partial charge in [-0.3, -0.25) is 0 Å². The van der Waals surface area contributed by atoms with Crippen LogP contribution in [-0.4, -0.2) is 6.71 Å². The van der Waals surface area contributed by atoms with Gasteiger partial charge in [-0.25, -0.2) is 0 Å². The maximum absolute atomic E-state index is 6.47. The second-order valence-corrected chi connectivity index (χ2v) is 11.5. The van der Waals surface area contributed by atoms with E-state index in [2.05, 4.69) is 115 Å². The quantitative estimate of drug-likeness (QED) is 0.189. The van der Waals surface area contributed by atoms with Crippen molar-refractivity contribution in [3.05, 3.63) is 115 Å². The van der Waals surface area contributed by atoms with Crippen molar-refractivity contribution >= 4 is 88.5 Å². The third kappa shape index (κ3) is 2.32. The molecule has 0 saturated carbocycles. The van der Waals surface area contributed by atoms with Gasteiger partial charge < -0.3 is 8.83 Å². The molecule has 3 heteroatoms. The van der Waals surface area contributed by atoms with Crippen LogP contribution in [0.15, 0.2) is 124 Å². The average Bonchev–Trinajstić information content (AvgIpc) is 3.57. The van der Waals surface area contributed by atoms with E-state index in [4.69, 9.17) is 8.83 Å². The highest BCUT2D eigenvalue weighted by Crippen LogP contribution is 2.47. The summed E-state index contributed by atoms with van der Waals surface area (Å²) in [6.45, 7) is 0.153. The largest absolute Gasteiger partial charge is 0.456 e. The molecule has 2 aliphatic rings. The average molecular weight is 518 g/mol. The fourth-order valence-corrected chi connectivity index (χ4v) is 8.19. The van der Waals surface area contributed by atoms with E-state index in [0.717, 1.165) is 22.3 Å². The second-order valence-electron chi connectivity index (χ2n) is 11.5. The summed E-state index contributed by atoms with van der Waals surface area (Å²) in [7, 11) is 0. The lowest BCUT2D eigenvalue weighted by atomic mass is 9.31. The molecule has 186 valence electrons. The van der Waals surface area contributed by atoms with Gasteiger partial charge in [0.25, 0.3) is 0 Å². The Morgan fingerprint density at radius 3 is 1.44 bits per heavy atom. The van der Waals surface area contributed by atoms with E-state index < -0.39 is 0 Å². The van der Waals surface area contributed by atoms with Crippen molar-refractivity contribution in [1.82, 2.24) is 0 Å². The fraction of sp³-hybridized carbons (Fsp3) is 0. The topological polar surface area (TPSA) is 26.3 Å². The highest BCUT2D eigenvalue weighted by Gasteiger charge is 2.40. The molecule has 7 aromatic carbocycles. The van der Waals surface area contributed by atoms with Crippen molar-refractivity contribution in [2.24, 2.45) is 0 Å². The van der Waals surface area contributed by atoms with E-state index in [0.29, 0.717) is 0 Å². The lowest BCUT2D eigenvalue weighted by Gasteiger charge is -2.34.